The number of aryl methyl sites for hydroxylation is 1. The summed E-state index contributed by atoms with van der Waals surface area (Å²) in [7, 11) is 0. The first-order valence-electron chi connectivity index (χ1n) is 11.2. The fourth-order valence-corrected chi connectivity index (χ4v) is 4.19. The number of ether oxygens (including phenoxy) is 1. The summed E-state index contributed by atoms with van der Waals surface area (Å²) in [5, 5.41) is 6.97. The molecule has 7 nitrogen and oxygen atoms in total. The molecule has 2 heterocycles. The SMILES string of the molecule is Cc1ccc(C(=O)NC2CC2)cc1-n1cnc2ccc(OC[C@@]3(C)CCCN3)cc2c1=O. The highest BCUT2D eigenvalue weighted by Crippen LogP contribution is 2.24. The number of benzene rings is 2. The van der Waals surface area contributed by atoms with Crippen LogP contribution in [0.2, 0.25) is 0 Å². The van der Waals surface area contributed by atoms with Crippen molar-refractivity contribution < 1.29 is 9.53 Å². The Balaban J connectivity index is 1.47. The second kappa shape index (κ2) is 8.06. The lowest BCUT2D eigenvalue weighted by molar-refractivity contribution is 0.0951. The van der Waals surface area contributed by atoms with Crippen molar-refractivity contribution in [1.29, 1.82) is 0 Å². The van der Waals surface area contributed by atoms with Gasteiger partial charge in [0.15, 0.2) is 0 Å². The van der Waals surface area contributed by atoms with Crippen LogP contribution in [0.4, 0.5) is 0 Å². The first kappa shape index (κ1) is 20.7. The van der Waals surface area contributed by atoms with Gasteiger partial charge in [-0.15, -0.1) is 0 Å². The van der Waals surface area contributed by atoms with Gasteiger partial charge in [0.1, 0.15) is 18.7 Å². The first-order chi connectivity index (χ1) is 15.4. The summed E-state index contributed by atoms with van der Waals surface area (Å²) in [5.41, 5.74) is 2.48. The zero-order chi connectivity index (χ0) is 22.3. The molecule has 1 saturated carbocycles. The van der Waals surface area contributed by atoms with E-state index in [2.05, 4.69) is 22.5 Å². The Kier molecular flexibility index (Phi) is 5.21. The van der Waals surface area contributed by atoms with E-state index in [9.17, 15) is 9.59 Å². The van der Waals surface area contributed by atoms with Crippen LogP contribution in [-0.4, -0.2) is 40.2 Å². The number of rotatable bonds is 6. The van der Waals surface area contributed by atoms with E-state index in [1.54, 1.807) is 18.2 Å². The summed E-state index contributed by atoms with van der Waals surface area (Å²) >= 11 is 0. The normalized spacial score (nSPS) is 20.4. The van der Waals surface area contributed by atoms with E-state index in [0.29, 0.717) is 34.5 Å². The van der Waals surface area contributed by atoms with Crippen LogP contribution in [0.15, 0.2) is 47.5 Å². The molecular formula is C25H28N4O3. The van der Waals surface area contributed by atoms with E-state index >= 15 is 0 Å². The van der Waals surface area contributed by atoms with Crippen molar-refractivity contribution in [3.8, 4) is 11.4 Å². The third kappa shape index (κ3) is 4.12. The minimum Gasteiger partial charge on any atom is -0.492 e. The van der Waals surface area contributed by atoms with Crippen LogP contribution in [-0.2, 0) is 0 Å². The summed E-state index contributed by atoms with van der Waals surface area (Å²) in [5.74, 6) is 0.540. The maximum absolute atomic E-state index is 13.4. The molecule has 5 rings (SSSR count). The minimum atomic E-state index is -0.187. The standard InChI is InChI=1S/C25H28N4O3/c1-16-4-5-17(23(30)28-18-6-7-18)12-22(16)29-15-26-21-9-8-19(13-20(21)24(29)31)32-14-25(2)10-3-11-27-25/h4-5,8-9,12-13,15,18,27H,3,6-7,10-11,14H2,1-2H3,(H,28,30)/t25-/m1/s1. The number of nitrogens with zero attached hydrogens (tertiary/aromatic N) is 2. The Morgan fingerprint density at radius 2 is 2.12 bits per heavy atom. The van der Waals surface area contributed by atoms with E-state index in [1.807, 2.05) is 25.1 Å². The molecule has 0 bridgehead atoms. The zero-order valence-electron chi connectivity index (χ0n) is 18.5. The molecule has 1 aliphatic heterocycles. The number of hydrogen-bond donors (Lipinski definition) is 2. The summed E-state index contributed by atoms with van der Waals surface area (Å²) in [6.45, 7) is 5.63. The third-order valence-corrected chi connectivity index (χ3v) is 6.39. The number of aromatic nitrogens is 2. The Hall–Kier alpha value is -3.19. The maximum atomic E-state index is 13.4. The van der Waals surface area contributed by atoms with Crippen molar-refractivity contribution in [2.75, 3.05) is 13.2 Å². The van der Waals surface area contributed by atoms with E-state index in [1.165, 1.54) is 10.9 Å². The van der Waals surface area contributed by atoms with Gasteiger partial charge in [0.2, 0.25) is 0 Å². The van der Waals surface area contributed by atoms with Crippen LogP contribution in [0.1, 0.15) is 48.5 Å². The molecular weight excluding hydrogens is 404 g/mol. The number of fused-ring (bicyclic) bond motifs is 1. The zero-order valence-corrected chi connectivity index (χ0v) is 18.5. The molecule has 0 unspecified atom stereocenters. The number of carbonyl (C=O) groups is 1. The van der Waals surface area contributed by atoms with Gasteiger partial charge >= 0.3 is 0 Å². The molecule has 1 atom stereocenters. The first-order valence-corrected chi connectivity index (χ1v) is 11.2. The molecule has 166 valence electrons. The monoisotopic (exact) mass is 432 g/mol. The lowest BCUT2D eigenvalue weighted by atomic mass is 10.0. The Bertz CT molecular complexity index is 1240. The quantitative estimate of drug-likeness (QED) is 0.625. The third-order valence-electron chi connectivity index (χ3n) is 6.39. The Labute approximate surface area is 186 Å². The van der Waals surface area contributed by atoms with Gasteiger partial charge < -0.3 is 15.4 Å². The van der Waals surface area contributed by atoms with Crippen LogP contribution >= 0.6 is 0 Å². The van der Waals surface area contributed by atoms with Gasteiger partial charge in [-0.25, -0.2) is 4.98 Å². The summed E-state index contributed by atoms with van der Waals surface area (Å²) in [4.78, 5) is 30.4. The Morgan fingerprint density at radius 1 is 1.28 bits per heavy atom. The van der Waals surface area contributed by atoms with Crippen LogP contribution in [0.3, 0.4) is 0 Å². The van der Waals surface area contributed by atoms with Crippen molar-refractivity contribution in [3.63, 3.8) is 0 Å². The van der Waals surface area contributed by atoms with Gasteiger partial charge in [0.25, 0.3) is 11.5 Å². The van der Waals surface area contributed by atoms with Gasteiger partial charge in [0, 0.05) is 17.1 Å². The highest BCUT2D eigenvalue weighted by atomic mass is 16.5. The average molecular weight is 433 g/mol. The van der Waals surface area contributed by atoms with Crippen molar-refractivity contribution >= 4 is 16.8 Å². The van der Waals surface area contributed by atoms with Crippen molar-refractivity contribution in [2.45, 2.75) is 51.1 Å². The molecule has 1 amide bonds. The fraction of sp³-hybridized carbons (Fsp3) is 0.400. The van der Waals surface area contributed by atoms with Crippen LogP contribution in [0.5, 0.6) is 5.75 Å². The summed E-state index contributed by atoms with van der Waals surface area (Å²) in [6.07, 6.45) is 5.79. The number of carbonyl (C=O) groups excluding carboxylic acids is 1. The molecule has 1 saturated heterocycles. The lowest BCUT2D eigenvalue weighted by Crippen LogP contribution is -2.42. The van der Waals surface area contributed by atoms with E-state index in [0.717, 1.165) is 37.8 Å². The topological polar surface area (TPSA) is 85.2 Å². The largest absolute Gasteiger partial charge is 0.492 e. The Morgan fingerprint density at radius 3 is 2.88 bits per heavy atom. The van der Waals surface area contributed by atoms with E-state index < -0.39 is 0 Å². The molecule has 1 aliphatic carbocycles. The van der Waals surface area contributed by atoms with Crippen LogP contribution < -0.4 is 20.9 Å². The number of amides is 1. The van der Waals surface area contributed by atoms with Crippen LogP contribution in [0.25, 0.3) is 16.6 Å². The smallest absolute Gasteiger partial charge is 0.265 e. The molecule has 7 heteroatoms. The number of nitrogens with one attached hydrogen (secondary N) is 2. The van der Waals surface area contributed by atoms with Crippen LogP contribution in [0, 0.1) is 6.92 Å². The molecule has 0 spiro atoms. The van der Waals surface area contributed by atoms with E-state index in [4.69, 9.17) is 4.74 Å². The molecule has 2 N–H and O–H groups in total. The molecule has 0 radical (unpaired) electrons. The van der Waals surface area contributed by atoms with E-state index in [-0.39, 0.29) is 23.0 Å². The summed E-state index contributed by atoms with van der Waals surface area (Å²) < 4.78 is 7.54. The van der Waals surface area contributed by atoms with Gasteiger partial charge in [-0.3, -0.25) is 14.2 Å². The molecule has 1 aromatic heterocycles. The van der Waals surface area contributed by atoms with Gasteiger partial charge in [-0.05, 0) is 82.0 Å². The van der Waals surface area contributed by atoms with Crippen molar-refractivity contribution in [2.24, 2.45) is 0 Å². The molecule has 32 heavy (non-hydrogen) atoms. The molecule has 2 aliphatic rings. The second-order valence-corrected chi connectivity index (χ2v) is 9.23. The van der Waals surface area contributed by atoms with Crippen molar-refractivity contribution in [3.05, 3.63) is 64.2 Å². The highest BCUT2D eigenvalue weighted by Gasteiger charge is 2.29. The van der Waals surface area contributed by atoms with Gasteiger partial charge in [-0.1, -0.05) is 6.07 Å². The fourth-order valence-electron chi connectivity index (χ4n) is 4.19. The minimum absolute atomic E-state index is 0.0390. The summed E-state index contributed by atoms with van der Waals surface area (Å²) in [6, 6.07) is 11.1. The van der Waals surface area contributed by atoms with Gasteiger partial charge in [-0.2, -0.15) is 0 Å². The maximum Gasteiger partial charge on any atom is 0.265 e. The van der Waals surface area contributed by atoms with Gasteiger partial charge in [0.05, 0.1) is 16.6 Å². The highest BCUT2D eigenvalue weighted by molar-refractivity contribution is 5.95. The molecule has 3 aromatic rings. The lowest BCUT2D eigenvalue weighted by Gasteiger charge is -2.24. The molecule has 2 aromatic carbocycles. The van der Waals surface area contributed by atoms with Crippen molar-refractivity contribution in [1.82, 2.24) is 20.2 Å². The predicted octanol–water partition coefficient (Wildman–Crippen LogP) is 3.11. The number of hydrogen-bond acceptors (Lipinski definition) is 5. The predicted molar refractivity (Wildman–Crippen MR) is 124 cm³/mol. The molecule has 2 fully saturated rings. The average Bonchev–Trinajstić information content (AvgIpc) is 3.50. The second-order valence-electron chi connectivity index (χ2n) is 9.23.